The zero-order valence-corrected chi connectivity index (χ0v) is 13.3. The minimum atomic E-state index is 0.123. The van der Waals surface area contributed by atoms with Gasteiger partial charge in [0.15, 0.2) is 5.75 Å². The minimum Gasteiger partial charge on any atom is -0.490 e. The standard InChI is InChI=1S/C15H17Cl2NOS/c16-13-4-1-5-14(17)15(13)19-9-8-11(18)6-7-12-3-2-10-20-12/h1-5,10-11H,6-9,18H2. The van der Waals surface area contributed by atoms with Crippen LogP contribution in [-0.2, 0) is 6.42 Å². The van der Waals surface area contributed by atoms with Crippen LogP contribution >= 0.6 is 34.5 Å². The molecule has 0 saturated heterocycles. The number of rotatable bonds is 7. The van der Waals surface area contributed by atoms with Crippen LogP contribution in [0.15, 0.2) is 35.7 Å². The second-order valence-electron chi connectivity index (χ2n) is 4.57. The molecule has 1 aromatic heterocycles. The maximum absolute atomic E-state index is 6.09. The number of para-hydroxylation sites is 1. The lowest BCUT2D eigenvalue weighted by molar-refractivity contribution is 0.295. The molecule has 2 nitrogen and oxygen atoms in total. The molecule has 0 aliphatic rings. The summed E-state index contributed by atoms with van der Waals surface area (Å²) in [5, 5.41) is 3.15. The van der Waals surface area contributed by atoms with Crippen LogP contribution in [0.5, 0.6) is 5.75 Å². The Labute approximate surface area is 133 Å². The van der Waals surface area contributed by atoms with Gasteiger partial charge in [0.1, 0.15) is 0 Å². The fourth-order valence-electron chi connectivity index (χ4n) is 1.86. The largest absolute Gasteiger partial charge is 0.490 e. The monoisotopic (exact) mass is 329 g/mol. The first-order chi connectivity index (χ1) is 9.66. The van der Waals surface area contributed by atoms with Gasteiger partial charge in [0.05, 0.1) is 16.7 Å². The van der Waals surface area contributed by atoms with Crippen molar-refractivity contribution < 1.29 is 4.74 Å². The van der Waals surface area contributed by atoms with Crippen LogP contribution in [0.2, 0.25) is 10.0 Å². The lowest BCUT2D eigenvalue weighted by Gasteiger charge is -2.13. The third kappa shape index (κ3) is 4.67. The molecule has 0 saturated carbocycles. The summed E-state index contributed by atoms with van der Waals surface area (Å²) in [7, 11) is 0. The van der Waals surface area contributed by atoms with Gasteiger partial charge in [-0.2, -0.15) is 0 Å². The zero-order valence-electron chi connectivity index (χ0n) is 11.0. The topological polar surface area (TPSA) is 35.2 Å². The second kappa shape index (κ2) is 7.89. The molecule has 0 bridgehead atoms. The van der Waals surface area contributed by atoms with Crippen molar-refractivity contribution in [1.29, 1.82) is 0 Å². The first kappa shape index (κ1) is 15.6. The second-order valence-corrected chi connectivity index (χ2v) is 6.41. The van der Waals surface area contributed by atoms with Gasteiger partial charge in [-0.05, 0) is 42.8 Å². The first-order valence-electron chi connectivity index (χ1n) is 6.51. The molecule has 0 amide bonds. The maximum atomic E-state index is 6.09. The molecule has 108 valence electrons. The molecule has 1 unspecified atom stereocenters. The number of hydrogen-bond acceptors (Lipinski definition) is 3. The van der Waals surface area contributed by atoms with Crippen LogP contribution in [0.1, 0.15) is 17.7 Å². The summed E-state index contributed by atoms with van der Waals surface area (Å²) in [5.41, 5.74) is 6.09. The zero-order chi connectivity index (χ0) is 14.4. The van der Waals surface area contributed by atoms with Gasteiger partial charge in [-0.3, -0.25) is 0 Å². The van der Waals surface area contributed by atoms with Gasteiger partial charge >= 0.3 is 0 Å². The average molecular weight is 330 g/mol. The fourth-order valence-corrected chi connectivity index (χ4v) is 3.09. The highest BCUT2D eigenvalue weighted by atomic mass is 35.5. The van der Waals surface area contributed by atoms with Crippen molar-refractivity contribution in [1.82, 2.24) is 0 Å². The third-order valence-electron chi connectivity index (χ3n) is 3.00. The van der Waals surface area contributed by atoms with E-state index in [1.54, 1.807) is 29.5 Å². The molecule has 0 radical (unpaired) electrons. The van der Waals surface area contributed by atoms with E-state index in [2.05, 4.69) is 17.5 Å². The van der Waals surface area contributed by atoms with Crippen molar-refractivity contribution in [2.45, 2.75) is 25.3 Å². The predicted molar refractivity (Wildman–Crippen MR) is 87.2 cm³/mol. The Morgan fingerprint density at radius 1 is 1.10 bits per heavy atom. The van der Waals surface area contributed by atoms with Crippen molar-refractivity contribution in [2.75, 3.05) is 6.61 Å². The van der Waals surface area contributed by atoms with Crippen LogP contribution in [0.25, 0.3) is 0 Å². The number of halogens is 2. The van der Waals surface area contributed by atoms with E-state index in [0.717, 1.165) is 19.3 Å². The molecule has 20 heavy (non-hydrogen) atoms. The van der Waals surface area contributed by atoms with Gasteiger partial charge in [0.25, 0.3) is 0 Å². The summed E-state index contributed by atoms with van der Waals surface area (Å²) in [4.78, 5) is 1.37. The van der Waals surface area contributed by atoms with E-state index in [1.807, 2.05) is 0 Å². The average Bonchev–Trinajstić information content (AvgIpc) is 2.93. The highest BCUT2D eigenvalue weighted by Crippen LogP contribution is 2.32. The molecule has 2 N–H and O–H groups in total. The SMILES string of the molecule is NC(CCOc1c(Cl)cccc1Cl)CCc1cccs1. The molecule has 1 aromatic carbocycles. The van der Waals surface area contributed by atoms with Crippen LogP contribution in [-0.4, -0.2) is 12.6 Å². The van der Waals surface area contributed by atoms with Crippen LogP contribution < -0.4 is 10.5 Å². The molecule has 0 spiro atoms. The number of thiophene rings is 1. The Kier molecular flexibility index (Phi) is 6.17. The number of aryl methyl sites for hydroxylation is 1. The predicted octanol–water partition coefficient (Wildman–Crippen LogP) is 4.78. The van der Waals surface area contributed by atoms with Crippen LogP contribution in [0, 0.1) is 0 Å². The van der Waals surface area contributed by atoms with Crippen molar-refractivity contribution in [3.63, 3.8) is 0 Å². The van der Waals surface area contributed by atoms with E-state index in [0.29, 0.717) is 22.4 Å². The molecular formula is C15H17Cl2NOS. The van der Waals surface area contributed by atoms with Gasteiger partial charge < -0.3 is 10.5 Å². The Morgan fingerprint density at radius 3 is 2.50 bits per heavy atom. The Balaban J connectivity index is 1.72. The minimum absolute atomic E-state index is 0.123. The van der Waals surface area contributed by atoms with E-state index >= 15 is 0 Å². The summed E-state index contributed by atoms with van der Waals surface area (Å²) in [5.74, 6) is 0.543. The highest BCUT2D eigenvalue weighted by Gasteiger charge is 2.08. The summed E-state index contributed by atoms with van der Waals surface area (Å²) >= 11 is 13.8. The van der Waals surface area contributed by atoms with Crippen molar-refractivity contribution in [2.24, 2.45) is 5.73 Å². The Bertz CT molecular complexity index is 510. The number of nitrogens with two attached hydrogens (primary N) is 1. The first-order valence-corrected chi connectivity index (χ1v) is 8.15. The third-order valence-corrected chi connectivity index (χ3v) is 4.53. The van der Waals surface area contributed by atoms with Crippen molar-refractivity contribution in [3.8, 4) is 5.75 Å². The molecule has 2 aromatic rings. The molecule has 1 atom stereocenters. The molecule has 0 aliphatic carbocycles. The summed E-state index contributed by atoms with van der Waals surface area (Å²) in [6.07, 6.45) is 2.76. The Hall–Kier alpha value is -0.740. The number of hydrogen-bond donors (Lipinski definition) is 1. The normalized spacial score (nSPS) is 12.3. The van der Waals surface area contributed by atoms with E-state index < -0.39 is 0 Å². The number of benzene rings is 1. The Morgan fingerprint density at radius 2 is 1.85 bits per heavy atom. The van der Waals surface area contributed by atoms with Crippen LogP contribution in [0.3, 0.4) is 0 Å². The quantitative estimate of drug-likeness (QED) is 0.793. The molecule has 5 heteroatoms. The summed E-state index contributed by atoms with van der Waals surface area (Å²) in [6, 6.07) is 9.65. The van der Waals surface area contributed by atoms with E-state index in [9.17, 15) is 0 Å². The summed E-state index contributed by atoms with van der Waals surface area (Å²) in [6.45, 7) is 0.523. The molecule has 0 aliphatic heterocycles. The van der Waals surface area contributed by atoms with E-state index in [1.165, 1.54) is 4.88 Å². The van der Waals surface area contributed by atoms with Gasteiger partial charge in [-0.15, -0.1) is 11.3 Å². The molecular weight excluding hydrogens is 313 g/mol. The lowest BCUT2D eigenvalue weighted by atomic mass is 10.1. The van der Waals surface area contributed by atoms with Gasteiger partial charge in [0.2, 0.25) is 0 Å². The van der Waals surface area contributed by atoms with E-state index in [4.69, 9.17) is 33.7 Å². The highest BCUT2D eigenvalue weighted by molar-refractivity contribution is 7.09. The van der Waals surface area contributed by atoms with Gasteiger partial charge in [-0.1, -0.05) is 35.3 Å². The smallest absolute Gasteiger partial charge is 0.156 e. The van der Waals surface area contributed by atoms with Crippen molar-refractivity contribution in [3.05, 3.63) is 50.6 Å². The number of ether oxygens (including phenoxy) is 1. The fraction of sp³-hybridized carbons (Fsp3) is 0.333. The van der Waals surface area contributed by atoms with E-state index in [-0.39, 0.29) is 6.04 Å². The van der Waals surface area contributed by atoms with Gasteiger partial charge in [-0.25, -0.2) is 0 Å². The molecule has 2 rings (SSSR count). The van der Waals surface area contributed by atoms with Crippen LogP contribution in [0.4, 0.5) is 0 Å². The summed E-state index contributed by atoms with van der Waals surface area (Å²) < 4.78 is 5.63. The molecule has 1 heterocycles. The van der Waals surface area contributed by atoms with Crippen molar-refractivity contribution >= 4 is 34.5 Å². The lowest BCUT2D eigenvalue weighted by Crippen LogP contribution is -2.23. The maximum Gasteiger partial charge on any atom is 0.156 e. The molecule has 0 fully saturated rings. The van der Waals surface area contributed by atoms with Gasteiger partial charge in [0, 0.05) is 10.9 Å².